The molecule has 0 saturated heterocycles. The zero-order valence-electron chi connectivity index (χ0n) is 8.98. The molecule has 0 aliphatic carbocycles. The topological polar surface area (TPSA) is 113 Å². The number of aliphatic hydroxyl groups excluding tert-OH is 1. The number of hydrogen-bond donors (Lipinski definition) is 2. The predicted molar refractivity (Wildman–Crippen MR) is 61.4 cm³/mol. The minimum atomic E-state index is -3.80. The molecule has 8 nitrogen and oxygen atoms in total. The van der Waals surface area contributed by atoms with Crippen LogP contribution < -0.4 is 4.72 Å². The molecular formula is C9H9N3O5S. The smallest absolute Gasteiger partial charge is 0.326 e. The number of nitro benzene ring substituents is 1. The molecule has 0 amide bonds. The Kier molecular flexibility index (Phi) is 2.83. The molecule has 18 heavy (non-hydrogen) atoms. The fourth-order valence-corrected chi connectivity index (χ4v) is 2.49. The Morgan fingerprint density at radius 3 is 2.72 bits per heavy atom. The van der Waals surface area contributed by atoms with E-state index in [4.69, 9.17) is 5.11 Å². The summed E-state index contributed by atoms with van der Waals surface area (Å²) in [6, 6.07) is 5.62. The lowest BCUT2D eigenvalue weighted by Gasteiger charge is -2.13. The fraction of sp³-hybridized carbons (Fsp3) is 0.111. The average Bonchev–Trinajstić information content (AvgIpc) is 2.52. The zero-order valence-corrected chi connectivity index (χ0v) is 9.79. The van der Waals surface area contributed by atoms with Crippen LogP contribution in [-0.2, 0) is 16.8 Å². The highest BCUT2D eigenvalue weighted by Gasteiger charge is 2.27. The van der Waals surface area contributed by atoms with Gasteiger partial charge in [0.05, 0.1) is 17.7 Å². The van der Waals surface area contributed by atoms with E-state index in [-0.39, 0.29) is 12.2 Å². The number of aliphatic hydroxyl groups is 1. The van der Waals surface area contributed by atoms with Gasteiger partial charge in [-0.2, -0.15) is 8.42 Å². The van der Waals surface area contributed by atoms with Crippen molar-refractivity contribution < 1.29 is 18.4 Å². The molecule has 0 radical (unpaired) electrons. The Morgan fingerprint density at radius 2 is 2.17 bits per heavy atom. The molecule has 0 spiro atoms. The van der Waals surface area contributed by atoms with Gasteiger partial charge in [0.15, 0.2) is 0 Å². The molecule has 0 fully saturated rings. The van der Waals surface area contributed by atoms with Crippen molar-refractivity contribution in [3.8, 4) is 0 Å². The van der Waals surface area contributed by atoms with Crippen LogP contribution in [0.5, 0.6) is 0 Å². The lowest BCUT2D eigenvalue weighted by Crippen LogP contribution is -2.29. The van der Waals surface area contributed by atoms with Crippen LogP contribution in [0.15, 0.2) is 36.3 Å². The van der Waals surface area contributed by atoms with Crippen LogP contribution in [0.4, 0.5) is 5.69 Å². The Hall–Kier alpha value is -2.29. The average molecular weight is 271 g/mol. The normalized spacial score (nSPS) is 17.1. The third-order valence-corrected chi connectivity index (χ3v) is 3.59. The van der Waals surface area contributed by atoms with Gasteiger partial charge < -0.3 is 5.11 Å². The Bertz CT molecular complexity index is 625. The molecule has 1 aliphatic rings. The summed E-state index contributed by atoms with van der Waals surface area (Å²) in [6.07, 6.45) is 1.01. The zero-order chi connectivity index (χ0) is 13.3. The largest absolute Gasteiger partial charge is 0.493 e. The third kappa shape index (κ3) is 2.35. The molecule has 96 valence electrons. The molecule has 2 rings (SSSR count). The Labute approximate surface area is 102 Å². The Morgan fingerprint density at radius 1 is 1.44 bits per heavy atom. The first-order chi connectivity index (χ1) is 8.38. The second kappa shape index (κ2) is 4.18. The minimum Gasteiger partial charge on any atom is -0.493 e. The van der Waals surface area contributed by atoms with Crippen molar-refractivity contribution in [3.63, 3.8) is 0 Å². The number of benzene rings is 1. The maximum Gasteiger partial charge on any atom is 0.326 e. The van der Waals surface area contributed by atoms with Crippen LogP contribution in [-0.4, -0.2) is 22.8 Å². The molecule has 1 aromatic carbocycles. The molecule has 0 aromatic heterocycles. The van der Waals surface area contributed by atoms with E-state index in [1.54, 1.807) is 6.07 Å². The number of nitrogens with one attached hydrogen (secondary N) is 1. The van der Waals surface area contributed by atoms with Crippen LogP contribution >= 0.6 is 0 Å². The molecule has 2 N–H and O–H groups in total. The first-order valence-electron chi connectivity index (χ1n) is 4.82. The number of rotatable bonds is 3. The van der Waals surface area contributed by atoms with E-state index in [0.29, 0.717) is 5.56 Å². The van der Waals surface area contributed by atoms with E-state index in [1.807, 2.05) is 4.72 Å². The van der Waals surface area contributed by atoms with E-state index in [2.05, 4.69) is 0 Å². The highest BCUT2D eigenvalue weighted by Crippen LogP contribution is 2.18. The van der Waals surface area contributed by atoms with Crippen LogP contribution in [0.25, 0.3) is 0 Å². The van der Waals surface area contributed by atoms with Crippen molar-refractivity contribution in [1.29, 1.82) is 0 Å². The van der Waals surface area contributed by atoms with Crippen molar-refractivity contribution in [2.24, 2.45) is 0 Å². The number of hydrogen-bond acceptors (Lipinski definition) is 5. The standard InChI is InChI=1S/C9H9N3O5S/c13-9-6-11(18(16,17)10-9)5-7-2-1-3-8(4-7)12(14)15/h1-4,6,10,13H,5H2. The first-order valence-corrected chi connectivity index (χ1v) is 6.26. The number of non-ortho nitro benzene ring substituents is 1. The summed E-state index contributed by atoms with van der Waals surface area (Å²) >= 11 is 0. The molecule has 0 bridgehead atoms. The lowest BCUT2D eigenvalue weighted by atomic mass is 10.2. The molecular weight excluding hydrogens is 262 g/mol. The first kappa shape index (κ1) is 12.2. The van der Waals surface area contributed by atoms with Gasteiger partial charge in [0, 0.05) is 12.1 Å². The van der Waals surface area contributed by atoms with E-state index < -0.39 is 21.0 Å². The van der Waals surface area contributed by atoms with Crippen molar-refractivity contribution in [2.45, 2.75) is 6.54 Å². The molecule has 0 atom stereocenters. The third-order valence-electron chi connectivity index (χ3n) is 2.27. The molecule has 1 heterocycles. The Balaban J connectivity index is 2.25. The molecule has 0 saturated carbocycles. The SMILES string of the molecule is O=[N+]([O-])c1cccc(CN2C=C(O)NS2(=O)=O)c1. The summed E-state index contributed by atoms with van der Waals surface area (Å²) in [5.74, 6) is -0.486. The van der Waals surface area contributed by atoms with Gasteiger partial charge in [-0.15, -0.1) is 0 Å². The maximum atomic E-state index is 11.5. The van der Waals surface area contributed by atoms with Crippen LogP contribution in [0, 0.1) is 10.1 Å². The van der Waals surface area contributed by atoms with Crippen LogP contribution in [0.3, 0.4) is 0 Å². The van der Waals surface area contributed by atoms with Crippen LogP contribution in [0.2, 0.25) is 0 Å². The summed E-state index contributed by atoms with van der Waals surface area (Å²) in [5, 5.41) is 19.7. The lowest BCUT2D eigenvalue weighted by molar-refractivity contribution is -0.384. The van der Waals surface area contributed by atoms with Gasteiger partial charge in [-0.05, 0) is 5.56 Å². The van der Waals surface area contributed by atoms with Crippen molar-refractivity contribution in [3.05, 3.63) is 52.0 Å². The van der Waals surface area contributed by atoms with E-state index in [0.717, 1.165) is 10.5 Å². The van der Waals surface area contributed by atoms with Gasteiger partial charge in [-0.25, -0.2) is 4.72 Å². The maximum absolute atomic E-state index is 11.5. The molecule has 1 aliphatic heterocycles. The van der Waals surface area contributed by atoms with E-state index in [9.17, 15) is 18.5 Å². The second-order valence-electron chi connectivity index (χ2n) is 3.59. The van der Waals surface area contributed by atoms with Crippen LogP contribution in [0.1, 0.15) is 5.56 Å². The summed E-state index contributed by atoms with van der Waals surface area (Å²) in [5.41, 5.74) is 0.325. The van der Waals surface area contributed by atoms with Gasteiger partial charge in [0.2, 0.25) is 5.88 Å². The highest BCUT2D eigenvalue weighted by molar-refractivity contribution is 7.87. The quantitative estimate of drug-likeness (QED) is 0.617. The van der Waals surface area contributed by atoms with Gasteiger partial charge in [0.25, 0.3) is 5.69 Å². The highest BCUT2D eigenvalue weighted by atomic mass is 32.2. The van der Waals surface area contributed by atoms with Gasteiger partial charge in [-0.1, -0.05) is 12.1 Å². The second-order valence-corrected chi connectivity index (χ2v) is 5.22. The fourth-order valence-electron chi connectivity index (χ4n) is 1.50. The minimum absolute atomic E-state index is 0.0962. The van der Waals surface area contributed by atoms with E-state index in [1.165, 1.54) is 18.2 Å². The molecule has 1 aromatic rings. The summed E-state index contributed by atoms with van der Waals surface area (Å²) in [6.45, 7) is -0.0962. The number of nitrogens with zero attached hydrogens (tertiary/aromatic N) is 2. The van der Waals surface area contributed by atoms with Crippen molar-refractivity contribution in [2.75, 3.05) is 0 Å². The number of nitro groups is 1. The van der Waals surface area contributed by atoms with Gasteiger partial charge in [0.1, 0.15) is 0 Å². The van der Waals surface area contributed by atoms with Gasteiger partial charge in [-0.3, -0.25) is 14.4 Å². The molecule has 9 heteroatoms. The molecule has 0 unspecified atom stereocenters. The van der Waals surface area contributed by atoms with E-state index >= 15 is 0 Å². The van der Waals surface area contributed by atoms with Crippen molar-refractivity contribution in [1.82, 2.24) is 9.03 Å². The summed E-state index contributed by atoms with van der Waals surface area (Å²) < 4.78 is 25.7. The summed E-state index contributed by atoms with van der Waals surface area (Å²) in [4.78, 5) is 10.0. The monoisotopic (exact) mass is 271 g/mol. The summed E-state index contributed by atoms with van der Waals surface area (Å²) in [7, 11) is -3.80. The van der Waals surface area contributed by atoms with Gasteiger partial charge >= 0.3 is 10.2 Å². The predicted octanol–water partition coefficient (Wildman–Crippen LogP) is 0.602. The van der Waals surface area contributed by atoms with Crippen molar-refractivity contribution >= 4 is 15.9 Å².